The predicted molar refractivity (Wildman–Crippen MR) is 72.6 cm³/mol. The van der Waals surface area contributed by atoms with Gasteiger partial charge in [-0.2, -0.15) is 0 Å². The van der Waals surface area contributed by atoms with E-state index in [0.717, 1.165) is 31.6 Å². The number of hydrogen-bond acceptors (Lipinski definition) is 4. The van der Waals surface area contributed by atoms with Crippen LogP contribution in [0.3, 0.4) is 0 Å². The minimum absolute atomic E-state index is 0.0489. The van der Waals surface area contributed by atoms with Gasteiger partial charge in [-0.1, -0.05) is 0 Å². The third kappa shape index (κ3) is 4.61. The SMILES string of the molecule is C[C@@H](NCC(=O)NC1CCOCC1)c1ccncc1. The summed E-state index contributed by atoms with van der Waals surface area (Å²) in [6.45, 7) is 3.86. The van der Waals surface area contributed by atoms with Gasteiger partial charge < -0.3 is 15.4 Å². The standard InChI is InChI=1S/C14H21N3O2/c1-11(12-2-6-15-7-3-12)16-10-14(18)17-13-4-8-19-9-5-13/h2-3,6-7,11,13,16H,4-5,8-10H2,1H3,(H,17,18)/t11-/m1/s1. The Kier molecular flexibility index (Phi) is 5.30. The Morgan fingerprint density at radius 1 is 1.42 bits per heavy atom. The molecule has 0 aliphatic carbocycles. The van der Waals surface area contributed by atoms with E-state index in [1.54, 1.807) is 12.4 Å². The summed E-state index contributed by atoms with van der Waals surface area (Å²) in [5, 5.41) is 6.25. The highest BCUT2D eigenvalue weighted by molar-refractivity contribution is 5.78. The first-order valence-corrected chi connectivity index (χ1v) is 6.76. The molecule has 2 rings (SSSR count). The maximum atomic E-state index is 11.8. The molecule has 0 spiro atoms. The molecule has 1 aromatic rings. The number of amides is 1. The average molecular weight is 263 g/mol. The van der Waals surface area contributed by atoms with E-state index in [0.29, 0.717) is 6.54 Å². The number of carbonyl (C=O) groups excluding carboxylic acids is 1. The summed E-state index contributed by atoms with van der Waals surface area (Å²) >= 11 is 0. The summed E-state index contributed by atoms with van der Waals surface area (Å²) in [5.74, 6) is 0.0489. The zero-order valence-electron chi connectivity index (χ0n) is 11.3. The number of nitrogens with one attached hydrogen (secondary N) is 2. The van der Waals surface area contributed by atoms with E-state index in [9.17, 15) is 4.79 Å². The summed E-state index contributed by atoms with van der Waals surface area (Å²) in [4.78, 5) is 15.8. The van der Waals surface area contributed by atoms with Crippen LogP contribution in [0.15, 0.2) is 24.5 Å². The van der Waals surface area contributed by atoms with Crippen molar-refractivity contribution in [2.75, 3.05) is 19.8 Å². The third-order valence-electron chi connectivity index (χ3n) is 3.36. The average Bonchev–Trinajstić information content (AvgIpc) is 2.47. The third-order valence-corrected chi connectivity index (χ3v) is 3.36. The fraction of sp³-hybridized carbons (Fsp3) is 0.571. The zero-order valence-corrected chi connectivity index (χ0v) is 11.3. The number of carbonyl (C=O) groups is 1. The smallest absolute Gasteiger partial charge is 0.234 e. The Bertz CT molecular complexity index is 391. The number of pyridine rings is 1. The van der Waals surface area contributed by atoms with E-state index in [1.807, 2.05) is 19.1 Å². The Labute approximate surface area is 113 Å². The summed E-state index contributed by atoms with van der Waals surface area (Å²) in [6, 6.07) is 4.31. The van der Waals surface area contributed by atoms with Gasteiger partial charge in [0.25, 0.3) is 0 Å². The molecule has 2 N–H and O–H groups in total. The van der Waals surface area contributed by atoms with E-state index < -0.39 is 0 Å². The molecule has 2 heterocycles. The molecule has 1 aliphatic rings. The Morgan fingerprint density at radius 3 is 2.79 bits per heavy atom. The lowest BCUT2D eigenvalue weighted by molar-refractivity contribution is -0.121. The molecule has 1 atom stereocenters. The van der Waals surface area contributed by atoms with Gasteiger partial charge in [-0.05, 0) is 37.5 Å². The van der Waals surface area contributed by atoms with Gasteiger partial charge >= 0.3 is 0 Å². The monoisotopic (exact) mass is 263 g/mol. The molecule has 0 radical (unpaired) electrons. The summed E-state index contributed by atoms with van der Waals surface area (Å²) in [7, 11) is 0. The molecular formula is C14H21N3O2. The molecule has 1 fully saturated rings. The Hall–Kier alpha value is -1.46. The zero-order chi connectivity index (χ0) is 13.5. The molecule has 0 aromatic carbocycles. The van der Waals surface area contributed by atoms with Gasteiger partial charge in [-0.15, -0.1) is 0 Å². The van der Waals surface area contributed by atoms with Crippen LogP contribution >= 0.6 is 0 Å². The minimum atomic E-state index is 0.0489. The molecule has 0 bridgehead atoms. The van der Waals surface area contributed by atoms with Crippen molar-refractivity contribution in [3.63, 3.8) is 0 Å². The largest absolute Gasteiger partial charge is 0.381 e. The van der Waals surface area contributed by atoms with Crippen molar-refractivity contribution in [2.24, 2.45) is 0 Å². The molecular weight excluding hydrogens is 242 g/mol. The molecule has 0 saturated carbocycles. The molecule has 104 valence electrons. The van der Waals surface area contributed by atoms with Gasteiger partial charge in [0.05, 0.1) is 6.54 Å². The highest BCUT2D eigenvalue weighted by Crippen LogP contribution is 2.09. The fourth-order valence-electron chi connectivity index (χ4n) is 2.14. The van der Waals surface area contributed by atoms with Gasteiger partial charge in [-0.3, -0.25) is 9.78 Å². The van der Waals surface area contributed by atoms with Crippen LogP contribution < -0.4 is 10.6 Å². The van der Waals surface area contributed by atoms with Gasteiger partial charge in [-0.25, -0.2) is 0 Å². The van der Waals surface area contributed by atoms with Crippen LogP contribution in [0.1, 0.15) is 31.4 Å². The molecule has 1 saturated heterocycles. The Balaban J connectivity index is 1.71. The lowest BCUT2D eigenvalue weighted by Gasteiger charge is -2.23. The fourth-order valence-corrected chi connectivity index (χ4v) is 2.14. The van der Waals surface area contributed by atoms with Crippen molar-refractivity contribution in [3.8, 4) is 0 Å². The summed E-state index contributed by atoms with van der Waals surface area (Å²) in [5.41, 5.74) is 1.13. The molecule has 19 heavy (non-hydrogen) atoms. The number of rotatable bonds is 5. The second kappa shape index (κ2) is 7.21. The van der Waals surface area contributed by atoms with Crippen molar-refractivity contribution in [1.82, 2.24) is 15.6 Å². The maximum absolute atomic E-state index is 11.8. The number of nitrogens with zero attached hydrogens (tertiary/aromatic N) is 1. The van der Waals surface area contributed by atoms with Crippen LogP contribution in [0.4, 0.5) is 0 Å². The lowest BCUT2D eigenvalue weighted by Crippen LogP contribution is -2.43. The molecule has 1 aliphatic heterocycles. The van der Waals surface area contributed by atoms with Crippen molar-refractivity contribution >= 4 is 5.91 Å². The van der Waals surface area contributed by atoms with Crippen molar-refractivity contribution in [2.45, 2.75) is 31.8 Å². The minimum Gasteiger partial charge on any atom is -0.381 e. The lowest BCUT2D eigenvalue weighted by atomic mass is 10.1. The normalized spacial score (nSPS) is 17.9. The second-order valence-corrected chi connectivity index (χ2v) is 4.84. The topological polar surface area (TPSA) is 63.2 Å². The van der Waals surface area contributed by atoms with Gasteiger partial charge in [0.2, 0.25) is 5.91 Å². The first kappa shape index (κ1) is 14.0. The van der Waals surface area contributed by atoms with E-state index in [1.165, 1.54) is 0 Å². The van der Waals surface area contributed by atoms with Crippen LogP contribution in [0.2, 0.25) is 0 Å². The van der Waals surface area contributed by atoms with Gasteiger partial charge in [0, 0.05) is 37.7 Å². The van der Waals surface area contributed by atoms with E-state index in [2.05, 4.69) is 15.6 Å². The van der Waals surface area contributed by atoms with Crippen LogP contribution in [-0.2, 0) is 9.53 Å². The number of hydrogen-bond donors (Lipinski definition) is 2. The first-order valence-electron chi connectivity index (χ1n) is 6.76. The second-order valence-electron chi connectivity index (χ2n) is 4.84. The van der Waals surface area contributed by atoms with Crippen LogP contribution in [0.25, 0.3) is 0 Å². The van der Waals surface area contributed by atoms with Crippen LogP contribution in [0, 0.1) is 0 Å². The van der Waals surface area contributed by atoms with Crippen LogP contribution in [-0.4, -0.2) is 36.7 Å². The van der Waals surface area contributed by atoms with Gasteiger partial charge in [0.15, 0.2) is 0 Å². The molecule has 1 aromatic heterocycles. The quantitative estimate of drug-likeness (QED) is 0.833. The highest BCUT2D eigenvalue weighted by Gasteiger charge is 2.16. The van der Waals surface area contributed by atoms with Crippen molar-refractivity contribution in [1.29, 1.82) is 0 Å². The number of aromatic nitrogens is 1. The predicted octanol–water partition coefficient (Wildman–Crippen LogP) is 1.03. The molecule has 0 unspecified atom stereocenters. The summed E-state index contributed by atoms with van der Waals surface area (Å²) in [6.07, 6.45) is 5.34. The Morgan fingerprint density at radius 2 is 2.11 bits per heavy atom. The van der Waals surface area contributed by atoms with Crippen molar-refractivity contribution < 1.29 is 9.53 Å². The molecule has 1 amide bonds. The van der Waals surface area contributed by atoms with E-state index >= 15 is 0 Å². The highest BCUT2D eigenvalue weighted by atomic mass is 16.5. The van der Waals surface area contributed by atoms with E-state index in [-0.39, 0.29) is 18.0 Å². The van der Waals surface area contributed by atoms with Crippen LogP contribution in [0.5, 0.6) is 0 Å². The maximum Gasteiger partial charge on any atom is 0.234 e. The number of ether oxygens (including phenoxy) is 1. The van der Waals surface area contributed by atoms with Crippen molar-refractivity contribution in [3.05, 3.63) is 30.1 Å². The molecule has 5 heteroatoms. The van der Waals surface area contributed by atoms with Gasteiger partial charge in [0.1, 0.15) is 0 Å². The first-order chi connectivity index (χ1) is 9.25. The van der Waals surface area contributed by atoms with E-state index in [4.69, 9.17) is 4.74 Å². The molecule has 5 nitrogen and oxygen atoms in total. The summed E-state index contributed by atoms with van der Waals surface area (Å²) < 4.78 is 5.26.